The topological polar surface area (TPSA) is 78.2 Å². The van der Waals surface area contributed by atoms with E-state index in [4.69, 9.17) is 5.26 Å². The number of allylic oxidation sites excluding steroid dienone is 1. The molecule has 1 aromatic rings. The fourth-order valence-electron chi connectivity index (χ4n) is 1.42. The lowest BCUT2D eigenvalue weighted by Crippen LogP contribution is -2.18. The number of aliphatic hydroxyl groups is 1. The van der Waals surface area contributed by atoms with Gasteiger partial charge in [0.1, 0.15) is 5.76 Å². The number of benzene rings is 1. The molecule has 0 aliphatic heterocycles. The Balaban J connectivity index is 2.71. The van der Waals surface area contributed by atoms with Crippen LogP contribution in [0.2, 0.25) is 0 Å². The molecule has 1 aliphatic rings. The van der Waals surface area contributed by atoms with Crippen molar-refractivity contribution < 1.29 is 14.7 Å². The SMILES string of the molecule is N#Cc1ccc2c(c1)C(O)=CC(=O)C2=O. The first kappa shape index (κ1) is 9.16. The van der Waals surface area contributed by atoms with E-state index in [-0.39, 0.29) is 16.9 Å². The van der Waals surface area contributed by atoms with Gasteiger partial charge in [0.25, 0.3) is 0 Å². The third kappa shape index (κ3) is 1.30. The van der Waals surface area contributed by atoms with Gasteiger partial charge >= 0.3 is 0 Å². The second-order valence-corrected chi connectivity index (χ2v) is 3.10. The first-order valence-electron chi connectivity index (χ1n) is 4.17. The summed E-state index contributed by atoms with van der Waals surface area (Å²) in [5.74, 6) is -1.68. The second kappa shape index (κ2) is 3.07. The zero-order valence-corrected chi connectivity index (χ0v) is 7.52. The third-order valence-electron chi connectivity index (χ3n) is 2.16. The Bertz CT molecular complexity index is 549. The largest absolute Gasteiger partial charge is 0.507 e. The molecule has 0 unspecified atom stereocenters. The molecule has 0 heterocycles. The van der Waals surface area contributed by atoms with Crippen molar-refractivity contribution in [1.29, 1.82) is 5.26 Å². The maximum atomic E-state index is 11.4. The summed E-state index contributed by atoms with van der Waals surface area (Å²) in [6, 6.07) is 6.08. The lowest BCUT2D eigenvalue weighted by Gasteiger charge is -2.11. The third-order valence-corrected chi connectivity index (χ3v) is 2.16. The Morgan fingerprint density at radius 3 is 2.60 bits per heavy atom. The van der Waals surface area contributed by atoms with Gasteiger partial charge in [0.05, 0.1) is 11.6 Å². The van der Waals surface area contributed by atoms with E-state index in [2.05, 4.69) is 0 Å². The summed E-state index contributed by atoms with van der Waals surface area (Å²) in [6.45, 7) is 0. The van der Waals surface area contributed by atoms with Crippen molar-refractivity contribution in [1.82, 2.24) is 0 Å². The van der Waals surface area contributed by atoms with Crippen LogP contribution in [-0.2, 0) is 4.79 Å². The van der Waals surface area contributed by atoms with E-state index in [0.29, 0.717) is 5.56 Å². The number of hydrogen-bond donors (Lipinski definition) is 1. The molecular formula is C11H5NO3. The first-order chi connectivity index (χ1) is 7.13. The van der Waals surface area contributed by atoms with E-state index >= 15 is 0 Å². The second-order valence-electron chi connectivity index (χ2n) is 3.10. The van der Waals surface area contributed by atoms with Crippen LogP contribution in [0, 0.1) is 11.3 Å². The van der Waals surface area contributed by atoms with Gasteiger partial charge in [-0.25, -0.2) is 0 Å². The molecule has 4 nitrogen and oxygen atoms in total. The van der Waals surface area contributed by atoms with Crippen molar-refractivity contribution in [2.24, 2.45) is 0 Å². The molecule has 4 heteroatoms. The van der Waals surface area contributed by atoms with Gasteiger partial charge in [0, 0.05) is 17.2 Å². The molecule has 2 rings (SSSR count). The predicted octanol–water partition coefficient (Wildman–Crippen LogP) is 1.22. The number of Topliss-reactive ketones (excluding diaryl/α,β-unsaturated/α-hetero) is 1. The van der Waals surface area contributed by atoms with Crippen molar-refractivity contribution in [3.05, 3.63) is 41.0 Å². The van der Waals surface area contributed by atoms with E-state index in [1.807, 2.05) is 6.07 Å². The molecule has 0 spiro atoms. The number of nitrogens with zero attached hydrogens (tertiary/aromatic N) is 1. The molecule has 0 amide bonds. The fraction of sp³-hybridized carbons (Fsp3) is 0. The van der Waals surface area contributed by atoms with E-state index in [9.17, 15) is 14.7 Å². The molecule has 0 fully saturated rings. The number of carbonyl (C=O) groups excluding carboxylic acids is 2. The predicted molar refractivity (Wildman–Crippen MR) is 51.1 cm³/mol. The summed E-state index contributed by atoms with van der Waals surface area (Å²) in [5.41, 5.74) is 0.702. The molecule has 1 N–H and O–H groups in total. The van der Waals surface area contributed by atoms with Gasteiger partial charge in [-0.2, -0.15) is 5.26 Å². The van der Waals surface area contributed by atoms with E-state index in [1.165, 1.54) is 18.2 Å². The van der Waals surface area contributed by atoms with Crippen LogP contribution in [0.5, 0.6) is 0 Å². The van der Waals surface area contributed by atoms with Crippen molar-refractivity contribution in [3.63, 3.8) is 0 Å². The number of nitriles is 1. The van der Waals surface area contributed by atoms with E-state index in [0.717, 1.165) is 6.08 Å². The van der Waals surface area contributed by atoms with Gasteiger partial charge in [-0.05, 0) is 18.2 Å². The van der Waals surface area contributed by atoms with Gasteiger partial charge < -0.3 is 5.11 Å². The van der Waals surface area contributed by atoms with Gasteiger partial charge in [-0.1, -0.05) is 0 Å². The smallest absolute Gasteiger partial charge is 0.233 e. The van der Waals surface area contributed by atoms with Gasteiger partial charge in [0.2, 0.25) is 11.6 Å². The maximum absolute atomic E-state index is 11.4. The molecule has 0 atom stereocenters. The Labute approximate surface area is 85.1 Å². The highest BCUT2D eigenvalue weighted by Gasteiger charge is 2.25. The van der Waals surface area contributed by atoms with Crippen LogP contribution in [0.25, 0.3) is 5.76 Å². The van der Waals surface area contributed by atoms with Gasteiger partial charge in [-0.3, -0.25) is 9.59 Å². The summed E-state index contributed by atoms with van der Waals surface area (Å²) in [4.78, 5) is 22.4. The quantitative estimate of drug-likeness (QED) is 0.637. The van der Waals surface area contributed by atoms with Crippen molar-refractivity contribution in [2.75, 3.05) is 0 Å². The van der Waals surface area contributed by atoms with Gasteiger partial charge in [0.15, 0.2) is 0 Å². The number of aliphatic hydroxyl groups excluding tert-OH is 1. The Morgan fingerprint density at radius 2 is 1.93 bits per heavy atom. The van der Waals surface area contributed by atoms with Crippen LogP contribution in [0.4, 0.5) is 0 Å². The molecular weight excluding hydrogens is 194 g/mol. The number of hydrogen-bond acceptors (Lipinski definition) is 4. The van der Waals surface area contributed by atoms with E-state index < -0.39 is 11.6 Å². The maximum Gasteiger partial charge on any atom is 0.233 e. The Morgan fingerprint density at radius 1 is 1.20 bits per heavy atom. The standard InChI is InChI=1S/C11H5NO3/c12-5-6-1-2-7-8(3-6)9(13)4-10(14)11(7)15/h1-4,13H. The van der Waals surface area contributed by atoms with Crippen molar-refractivity contribution in [3.8, 4) is 6.07 Å². The molecule has 0 saturated heterocycles. The average Bonchev–Trinajstić information content (AvgIpc) is 2.25. The minimum atomic E-state index is -0.746. The van der Waals surface area contributed by atoms with Crippen LogP contribution in [0.3, 0.4) is 0 Å². The first-order valence-corrected chi connectivity index (χ1v) is 4.17. The monoisotopic (exact) mass is 199 g/mol. The number of fused-ring (bicyclic) bond motifs is 1. The van der Waals surface area contributed by atoms with Crippen LogP contribution in [0.15, 0.2) is 24.3 Å². The molecule has 0 aromatic heterocycles. The van der Waals surface area contributed by atoms with Crippen LogP contribution in [-0.4, -0.2) is 16.7 Å². The highest BCUT2D eigenvalue weighted by molar-refractivity contribution is 6.50. The number of carbonyl (C=O) groups is 2. The molecule has 72 valence electrons. The van der Waals surface area contributed by atoms with Gasteiger partial charge in [-0.15, -0.1) is 0 Å². The lowest BCUT2D eigenvalue weighted by atomic mass is 9.92. The molecule has 15 heavy (non-hydrogen) atoms. The molecule has 0 radical (unpaired) electrons. The summed E-state index contributed by atoms with van der Waals surface area (Å²) < 4.78 is 0. The lowest BCUT2D eigenvalue weighted by molar-refractivity contribution is -0.111. The minimum Gasteiger partial charge on any atom is -0.507 e. The fourth-order valence-corrected chi connectivity index (χ4v) is 1.42. The normalized spacial score (nSPS) is 14.2. The van der Waals surface area contributed by atoms with Crippen LogP contribution in [0.1, 0.15) is 21.5 Å². The average molecular weight is 199 g/mol. The summed E-state index contributed by atoms with van der Waals surface area (Å²) in [5, 5.41) is 18.1. The van der Waals surface area contributed by atoms with Crippen molar-refractivity contribution >= 4 is 17.3 Å². The zero-order chi connectivity index (χ0) is 11.0. The van der Waals surface area contributed by atoms with Crippen LogP contribution >= 0.6 is 0 Å². The molecule has 0 bridgehead atoms. The molecule has 1 aliphatic carbocycles. The zero-order valence-electron chi connectivity index (χ0n) is 7.52. The summed E-state index contributed by atoms with van der Waals surface area (Å²) in [6.07, 6.45) is 0.867. The molecule has 1 aromatic carbocycles. The summed E-state index contributed by atoms with van der Waals surface area (Å²) >= 11 is 0. The van der Waals surface area contributed by atoms with Crippen molar-refractivity contribution in [2.45, 2.75) is 0 Å². The molecule has 0 saturated carbocycles. The highest BCUT2D eigenvalue weighted by atomic mass is 16.3. The van der Waals surface area contributed by atoms with E-state index in [1.54, 1.807) is 0 Å². The number of rotatable bonds is 0. The summed E-state index contributed by atoms with van der Waals surface area (Å²) in [7, 11) is 0. The number of ketones is 2. The van der Waals surface area contributed by atoms with Crippen LogP contribution < -0.4 is 0 Å². The Kier molecular flexibility index (Phi) is 1.87. The minimum absolute atomic E-state index is 0.138. The Hall–Kier alpha value is -2.41. The highest BCUT2D eigenvalue weighted by Crippen LogP contribution is 2.23.